The quantitative estimate of drug-likeness (QED) is 0.163. The minimum Gasteiger partial charge on any atom is -0.448 e. The van der Waals surface area contributed by atoms with E-state index in [9.17, 15) is 53.9 Å². The van der Waals surface area contributed by atoms with Gasteiger partial charge in [0.05, 0.1) is 40.1 Å². The van der Waals surface area contributed by atoms with E-state index < -0.39 is 68.9 Å². The van der Waals surface area contributed by atoms with Gasteiger partial charge in [-0.25, -0.2) is 22.8 Å². The number of aromatic nitrogens is 4. The summed E-state index contributed by atoms with van der Waals surface area (Å²) in [5.41, 5.74) is -1.99. The van der Waals surface area contributed by atoms with Crippen LogP contribution in [0.2, 0.25) is 10.0 Å². The predicted molar refractivity (Wildman–Crippen MR) is 154 cm³/mol. The number of halogens is 11. The van der Waals surface area contributed by atoms with Crippen LogP contribution in [-0.4, -0.2) is 45.0 Å². The highest BCUT2D eigenvalue weighted by Gasteiger charge is 2.33. The molecule has 0 bridgehead atoms. The van der Waals surface area contributed by atoms with Gasteiger partial charge in [0.1, 0.15) is 0 Å². The molecule has 2 aromatic carbocycles. The van der Waals surface area contributed by atoms with Crippen molar-refractivity contribution in [2.75, 3.05) is 13.2 Å². The van der Waals surface area contributed by atoms with E-state index in [1.807, 2.05) is 0 Å². The number of aromatic amines is 1. The first kappa shape index (κ1) is 40.5. The Morgan fingerprint density at radius 1 is 0.776 bits per heavy atom. The molecule has 0 fully saturated rings. The predicted octanol–water partition coefficient (Wildman–Crippen LogP) is 8.93. The van der Waals surface area contributed by atoms with Crippen molar-refractivity contribution in [2.24, 2.45) is 0 Å². The van der Waals surface area contributed by atoms with E-state index in [0.717, 1.165) is 9.36 Å². The Morgan fingerprint density at radius 3 is 1.73 bits per heavy atom. The molecule has 0 aliphatic carbocycles. The molecule has 0 amide bonds. The molecule has 4 rings (SSSR count). The Labute approximate surface area is 279 Å². The van der Waals surface area contributed by atoms with Crippen LogP contribution in [-0.2, 0) is 21.8 Å². The lowest BCUT2D eigenvalue weighted by Gasteiger charge is -2.11. The Bertz CT molecular complexity index is 1810. The molecule has 49 heavy (non-hydrogen) atoms. The molecule has 0 saturated heterocycles. The van der Waals surface area contributed by atoms with Crippen LogP contribution in [0.4, 0.5) is 49.1 Å². The molecule has 0 saturated carbocycles. The van der Waals surface area contributed by atoms with Crippen molar-refractivity contribution in [2.45, 2.75) is 40.0 Å². The van der Waals surface area contributed by atoms with Gasteiger partial charge in [0.2, 0.25) is 5.88 Å². The fourth-order valence-corrected chi connectivity index (χ4v) is 3.83. The van der Waals surface area contributed by atoms with E-state index in [0.29, 0.717) is 30.1 Å². The Hall–Kier alpha value is -4.65. The summed E-state index contributed by atoms with van der Waals surface area (Å²) in [6.45, 7) is 6.88. The van der Waals surface area contributed by atoms with Gasteiger partial charge in [-0.3, -0.25) is 9.89 Å². The number of hydrogen-bond donors (Lipinski definition) is 1. The second-order valence-corrected chi connectivity index (χ2v) is 9.97. The lowest BCUT2D eigenvalue weighted by Crippen LogP contribution is -2.18. The van der Waals surface area contributed by atoms with Crippen LogP contribution in [0.25, 0.3) is 0 Å². The number of carbonyl (C=O) groups excluding carboxylic acids is 2. The molecule has 2 aromatic heterocycles. The zero-order valence-electron chi connectivity index (χ0n) is 25.3. The summed E-state index contributed by atoms with van der Waals surface area (Å²) in [5, 5.41) is 4.60. The first-order valence-electron chi connectivity index (χ1n) is 13.3. The monoisotopic (exact) mass is 752 g/mol. The number of ether oxygens (including phenoxy) is 3. The standard InChI is InChI=1S/C14H11ClF4N2O3.C7H2ClF5.C7H10N2O3/c1-3-23-13(22)21-7(2)4-11(20-21)24-12-9(15)5-8(6-10(12)16)14(17,18)19;8-4-1-3(7(11,12)13)2-5(9)6(4)10;1-3-12-7(11)9-5(2)4-6(10)8-9/h4-6H,3H2,1-2H3;1-2H;4H,3H2,1-2H3,(H,8,10). The smallest absolute Gasteiger partial charge is 0.435 e. The fourth-order valence-electron chi connectivity index (χ4n) is 3.37. The van der Waals surface area contributed by atoms with Gasteiger partial charge >= 0.3 is 24.5 Å². The van der Waals surface area contributed by atoms with Gasteiger partial charge in [0.25, 0.3) is 5.56 Å². The van der Waals surface area contributed by atoms with Crippen LogP contribution in [0, 0.1) is 31.3 Å². The van der Waals surface area contributed by atoms with Gasteiger partial charge in [0.15, 0.2) is 23.2 Å². The SMILES string of the molecule is CCOC(=O)n1[nH]c(=O)cc1C.CCOC(=O)n1nc(Oc2c(F)cc(C(F)(F)F)cc2Cl)cc1C.Fc1cc(C(F)(F)F)cc(Cl)c1F. The molecule has 10 nitrogen and oxygen atoms in total. The second kappa shape index (κ2) is 16.6. The molecular weight excluding hydrogens is 730 g/mol. The zero-order valence-corrected chi connectivity index (χ0v) is 26.8. The van der Waals surface area contributed by atoms with Gasteiger partial charge in [-0.15, -0.1) is 5.10 Å². The molecule has 1 N–H and O–H groups in total. The molecule has 0 atom stereocenters. The van der Waals surface area contributed by atoms with Crippen LogP contribution in [0.15, 0.2) is 41.2 Å². The van der Waals surface area contributed by atoms with Crippen molar-refractivity contribution in [1.82, 2.24) is 19.6 Å². The minimum atomic E-state index is -4.74. The second-order valence-electron chi connectivity index (χ2n) is 9.15. The number of carbonyl (C=O) groups is 2. The number of H-pyrrole nitrogens is 1. The summed E-state index contributed by atoms with van der Waals surface area (Å²) in [5.74, 6) is -5.24. The van der Waals surface area contributed by atoms with Crippen LogP contribution in [0.5, 0.6) is 11.6 Å². The molecule has 0 unspecified atom stereocenters. The van der Waals surface area contributed by atoms with E-state index in [2.05, 4.69) is 14.9 Å². The number of hydrogen-bond acceptors (Lipinski definition) is 7. The number of nitrogens with zero attached hydrogens (tertiary/aromatic N) is 3. The largest absolute Gasteiger partial charge is 0.448 e. The molecule has 2 heterocycles. The van der Waals surface area contributed by atoms with E-state index in [4.69, 9.17) is 32.7 Å². The number of nitrogens with one attached hydrogen (secondary N) is 1. The maximum atomic E-state index is 13.9. The van der Waals surface area contributed by atoms with E-state index in [-0.39, 0.29) is 30.2 Å². The summed E-state index contributed by atoms with van der Waals surface area (Å²) in [6.07, 6.45) is -10.8. The summed E-state index contributed by atoms with van der Waals surface area (Å²) < 4.78 is 129. The van der Waals surface area contributed by atoms with Crippen LogP contribution in [0.3, 0.4) is 0 Å². The van der Waals surface area contributed by atoms with Gasteiger partial charge in [-0.05, 0) is 52.0 Å². The molecule has 0 spiro atoms. The number of benzene rings is 2. The van der Waals surface area contributed by atoms with Crippen molar-refractivity contribution in [3.05, 3.63) is 96.8 Å². The molecule has 4 aromatic rings. The highest BCUT2D eigenvalue weighted by atomic mass is 35.5. The highest BCUT2D eigenvalue weighted by molar-refractivity contribution is 6.32. The molecule has 0 aliphatic heterocycles. The van der Waals surface area contributed by atoms with Crippen LogP contribution in [0.1, 0.15) is 36.4 Å². The normalized spacial score (nSPS) is 11.2. The number of alkyl halides is 6. The maximum absolute atomic E-state index is 13.9. The average molecular weight is 753 g/mol. The highest BCUT2D eigenvalue weighted by Crippen LogP contribution is 2.38. The van der Waals surface area contributed by atoms with Crippen molar-refractivity contribution in [1.29, 1.82) is 0 Å². The number of aryl methyl sites for hydroxylation is 2. The van der Waals surface area contributed by atoms with E-state index in [1.165, 1.54) is 19.1 Å². The first-order chi connectivity index (χ1) is 22.6. The Balaban J connectivity index is 0.000000281. The summed E-state index contributed by atoms with van der Waals surface area (Å²) in [6, 6.07) is 3.80. The fraction of sp³-hybridized carbons (Fsp3) is 0.286. The van der Waals surface area contributed by atoms with Gasteiger partial charge < -0.3 is 14.2 Å². The van der Waals surface area contributed by atoms with E-state index >= 15 is 0 Å². The van der Waals surface area contributed by atoms with Crippen LogP contribution >= 0.6 is 23.2 Å². The molecule has 21 heteroatoms. The summed E-state index contributed by atoms with van der Waals surface area (Å²) in [7, 11) is 0. The minimum absolute atomic E-state index is 0.0568. The Kier molecular flexibility index (Phi) is 13.8. The lowest BCUT2D eigenvalue weighted by molar-refractivity contribution is -0.138. The van der Waals surface area contributed by atoms with Gasteiger partial charge in [-0.2, -0.15) is 35.7 Å². The van der Waals surface area contributed by atoms with Gasteiger partial charge in [-0.1, -0.05) is 23.2 Å². The van der Waals surface area contributed by atoms with Crippen LogP contribution < -0.4 is 10.3 Å². The average Bonchev–Trinajstić information content (AvgIpc) is 3.53. The summed E-state index contributed by atoms with van der Waals surface area (Å²) in [4.78, 5) is 33.4. The first-order valence-corrected chi connectivity index (χ1v) is 14.0. The van der Waals surface area contributed by atoms with Gasteiger partial charge in [0, 0.05) is 17.8 Å². The van der Waals surface area contributed by atoms with Crippen molar-refractivity contribution in [3.63, 3.8) is 0 Å². The Morgan fingerprint density at radius 2 is 1.29 bits per heavy atom. The van der Waals surface area contributed by atoms with Crippen molar-refractivity contribution in [3.8, 4) is 11.6 Å². The molecular formula is C28H23Cl2F9N4O6. The topological polar surface area (TPSA) is 117 Å². The number of rotatable bonds is 4. The van der Waals surface area contributed by atoms with Crippen molar-refractivity contribution < 1.29 is 63.3 Å². The molecule has 0 aliphatic rings. The third kappa shape index (κ3) is 11.2. The third-order valence-electron chi connectivity index (χ3n) is 5.51. The zero-order chi connectivity index (χ0) is 37.4. The maximum Gasteiger partial charge on any atom is 0.435 e. The third-order valence-corrected chi connectivity index (χ3v) is 6.07. The summed E-state index contributed by atoms with van der Waals surface area (Å²) >= 11 is 10.7. The molecule has 268 valence electrons. The lowest BCUT2D eigenvalue weighted by atomic mass is 10.2. The molecule has 0 radical (unpaired) electrons. The van der Waals surface area contributed by atoms with E-state index in [1.54, 1.807) is 20.8 Å². The van der Waals surface area contributed by atoms with Crippen molar-refractivity contribution >= 4 is 35.4 Å².